The molecule has 1 aliphatic heterocycles. The second kappa shape index (κ2) is 8.27. The summed E-state index contributed by atoms with van der Waals surface area (Å²) in [4.78, 5) is 13.0. The number of imidazole rings is 1. The normalized spacial score (nSPS) is 26.0. The van der Waals surface area contributed by atoms with E-state index in [1.165, 1.54) is 6.33 Å². The number of nitrogens with zero attached hydrogens (tertiary/aromatic N) is 4. The molecule has 0 amide bonds. The Morgan fingerprint density at radius 3 is 2.74 bits per heavy atom. The number of rotatable bonds is 8. The highest BCUT2D eigenvalue weighted by atomic mass is 31.2. The van der Waals surface area contributed by atoms with Crippen LogP contribution in [-0.4, -0.2) is 80.4 Å². The zero-order valence-electron chi connectivity index (χ0n) is 16.2. The van der Waals surface area contributed by atoms with E-state index >= 15 is 0 Å². The molecule has 0 spiro atoms. The van der Waals surface area contributed by atoms with E-state index in [2.05, 4.69) is 46.8 Å². The van der Waals surface area contributed by atoms with Crippen LogP contribution in [0.5, 0.6) is 0 Å². The molecule has 3 heterocycles. The van der Waals surface area contributed by atoms with Crippen LogP contribution in [0.1, 0.15) is 32.4 Å². The van der Waals surface area contributed by atoms with Crippen molar-refractivity contribution in [3.05, 3.63) is 12.7 Å². The first-order valence-electron chi connectivity index (χ1n) is 9.42. The van der Waals surface area contributed by atoms with E-state index in [1.54, 1.807) is 10.9 Å². The molecular weight excluding hydrogens is 365 g/mol. The largest absolute Gasteiger partial charge is 0.388 e. The fraction of sp³-hybridized carbons (Fsp3) is 0.667. The molecule has 2 aromatic rings. The van der Waals surface area contributed by atoms with Crippen molar-refractivity contribution in [3.8, 4) is 0 Å². The van der Waals surface area contributed by atoms with Crippen LogP contribution in [0, 0.1) is 0 Å². The van der Waals surface area contributed by atoms with E-state index in [1.807, 2.05) is 0 Å². The molecule has 9 heteroatoms. The van der Waals surface area contributed by atoms with Crippen molar-refractivity contribution in [2.45, 2.75) is 50.7 Å². The Hall–Kier alpha value is -1.47. The van der Waals surface area contributed by atoms with Crippen molar-refractivity contribution in [3.63, 3.8) is 0 Å². The maximum Gasteiger partial charge on any atom is 0.167 e. The zero-order valence-corrected chi connectivity index (χ0v) is 17.1. The summed E-state index contributed by atoms with van der Waals surface area (Å²) in [6.07, 6.45) is 7.82. The number of ether oxygens (including phenoxy) is 1. The van der Waals surface area contributed by atoms with Crippen LogP contribution in [0.2, 0.25) is 0 Å². The predicted molar refractivity (Wildman–Crippen MR) is 110 cm³/mol. The molecule has 0 saturated carbocycles. The Morgan fingerprint density at radius 2 is 2.04 bits per heavy atom. The molecular formula is C18H30N5O3P. The van der Waals surface area contributed by atoms with Crippen molar-refractivity contribution >= 4 is 30.2 Å². The van der Waals surface area contributed by atoms with Gasteiger partial charge in [0, 0.05) is 6.54 Å². The summed E-state index contributed by atoms with van der Waals surface area (Å²) in [5.74, 6) is 0.667. The molecule has 2 aromatic heterocycles. The van der Waals surface area contributed by atoms with E-state index < -0.39 is 31.4 Å². The molecule has 3 N–H and O–H groups in total. The van der Waals surface area contributed by atoms with Crippen LogP contribution in [0.3, 0.4) is 0 Å². The molecule has 0 aliphatic carbocycles. The minimum Gasteiger partial charge on any atom is -0.388 e. The van der Waals surface area contributed by atoms with Gasteiger partial charge in [-0.25, -0.2) is 15.0 Å². The summed E-state index contributed by atoms with van der Waals surface area (Å²) < 4.78 is 7.69. The molecule has 3 rings (SSSR count). The molecule has 1 fully saturated rings. The first kappa shape index (κ1) is 20.3. The fourth-order valence-corrected chi connectivity index (χ4v) is 4.18. The lowest BCUT2D eigenvalue weighted by atomic mass is 10.1. The van der Waals surface area contributed by atoms with Crippen molar-refractivity contribution in [1.82, 2.24) is 19.5 Å². The standard InChI is InChI=1S/C18H30N5O3P/c1-5-6-8-19-16-13-17(21-10-20-16)23(11-22-13)18-15(25)14(24)12(26-18)7-9-27(2,3)4/h10-12,14-15,18,24-25H,2,5-9H2,1,3-4H3,(H,19,20,21)/t12?,14-,15-,18-/m1/s1. The molecule has 4 atom stereocenters. The fourth-order valence-electron chi connectivity index (χ4n) is 3.23. The highest BCUT2D eigenvalue weighted by Crippen LogP contribution is 2.40. The van der Waals surface area contributed by atoms with Crippen LogP contribution in [0.25, 0.3) is 11.2 Å². The Kier molecular flexibility index (Phi) is 6.21. The highest BCUT2D eigenvalue weighted by molar-refractivity contribution is 7.72. The second-order valence-electron chi connectivity index (χ2n) is 7.82. The third kappa shape index (κ3) is 4.51. The topological polar surface area (TPSA) is 105 Å². The lowest BCUT2D eigenvalue weighted by Crippen LogP contribution is -2.31. The molecule has 0 bridgehead atoms. The summed E-state index contributed by atoms with van der Waals surface area (Å²) in [7, 11) is 0. The van der Waals surface area contributed by atoms with E-state index in [9.17, 15) is 10.2 Å². The Balaban J connectivity index is 1.80. The van der Waals surface area contributed by atoms with Crippen molar-refractivity contribution in [1.29, 1.82) is 0 Å². The minimum absolute atomic E-state index is 0.424. The van der Waals surface area contributed by atoms with Gasteiger partial charge in [-0.1, -0.05) is 13.3 Å². The number of aliphatic hydroxyl groups excluding tert-OH is 2. The van der Waals surface area contributed by atoms with Gasteiger partial charge in [0.15, 0.2) is 23.2 Å². The SMILES string of the molecule is C=P(C)(C)CCC1O[C@@H](n2cnc3c(NCCCC)ncnc32)[C@H](O)[C@@H]1O. The van der Waals surface area contributed by atoms with Gasteiger partial charge in [-0.05, 0) is 32.3 Å². The predicted octanol–water partition coefficient (Wildman–Crippen LogP) is 1.76. The van der Waals surface area contributed by atoms with E-state index in [4.69, 9.17) is 4.74 Å². The van der Waals surface area contributed by atoms with Crippen LogP contribution >= 0.6 is 6.89 Å². The second-order valence-corrected chi connectivity index (χ2v) is 12.1. The smallest absolute Gasteiger partial charge is 0.167 e. The maximum atomic E-state index is 10.5. The van der Waals surface area contributed by atoms with Gasteiger partial charge in [0.1, 0.15) is 18.5 Å². The van der Waals surface area contributed by atoms with Gasteiger partial charge < -0.3 is 20.3 Å². The first-order chi connectivity index (χ1) is 12.8. The van der Waals surface area contributed by atoms with Gasteiger partial charge in [-0.2, -0.15) is 0 Å². The molecule has 1 unspecified atom stereocenters. The lowest BCUT2D eigenvalue weighted by Gasteiger charge is -2.18. The molecule has 1 aliphatic rings. The monoisotopic (exact) mass is 395 g/mol. The number of anilines is 1. The number of fused-ring (bicyclic) bond motifs is 1. The quantitative estimate of drug-likeness (QED) is 0.462. The molecule has 27 heavy (non-hydrogen) atoms. The average Bonchev–Trinajstić information content (AvgIpc) is 3.16. The summed E-state index contributed by atoms with van der Waals surface area (Å²) in [5, 5.41) is 24.2. The summed E-state index contributed by atoms with van der Waals surface area (Å²) in [6, 6.07) is 0. The van der Waals surface area contributed by atoms with E-state index in [0.29, 0.717) is 23.4 Å². The Morgan fingerprint density at radius 1 is 1.26 bits per heavy atom. The first-order valence-corrected chi connectivity index (χ1v) is 12.5. The third-order valence-electron chi connectivity index (χ3n) is 4.81. The van der Waals surface area contributed by atoms with Gasteiger partial charge in [-0.15, -0.1) is 13.2 Å². The minimum atomic E-state index is -1.22. The van der Waals surface area contributed by atoms with Gasteiger partial charge in [0.25, 0.3) is 0 Å². The molecule has 1 saturated heterocycles. The number of aromatic nitrogens is 4. The zero-order chi connectivity index (χ0) is 19.6. The molecule has 0 aromatic carbocycles. The van der Waals surface area contributed by atoms with Crippen LogP contribution in [0.15, 0.2) is 12.7 Å². The van der Waals surface area contributed by atoms with Crippen molar-refractivity contribution in [2.75, 3.05) is 31.4 Å². The number of aliphatic hydroxyl groups is 2. The summed E-state index contributed by atoms with van der Waals surface area (Å²) in [5.41, 5.74) is 1.21. The number of nitrogens with one attached hydrogen (secondary N) is 1. The number of hydrogen-bond donors (Lipinski definition) is 3. The van der Waals surface area contributed by atoms with Gasteiger partial charge in [0.05, 0.1) is 12.4 Å². The van der Waals surface area contributed by atoms with E-state index in [-0.39, 0.29) is 0 Å². The van der Waals surface area contributed by atoms with Crippen molar-refractivity contribution < 1.29 is 14.9 Å². The van der Waals surface area contributed by atoms with Gasteiger partial charge >= 0.3 is 0 Å². The van der Waals surface area contributed by atoms with Crippen LogP contribution in [0.4, 0.5) is 5.82 Å². The number of hydrogen-bond acceptors (Lipinski definition) is 7. The maximum absolute atomic E-state index is 10.5. The lowest BCUT2D eigenvalue weighted by molar-refractivity contribution is -0.0353. The summed E-state index contributed by atoms with van der Waals surface area (Å²) in [6.45, 7) is 6.01. The van der Waals surface area contributed by atoms with Gasteiger partial charge in [0.2, 0.25) is 0 Å². The van der Waals surface area contributed by atoms with Crippen LogP contribution < -0.4 is 5.32 Å². The highest BCUT2D eigenvalue weighted by Gasteiger charge is 2.44. The van der Waals surface area contributed by atoms with Gasteiger partial charge in [-0.3, -0.25) is 4.57 Å². The Bertz CT molecular complexity index is 820. The average molecular weight is 395 g/mol. The van der Waals surface area contributed by atoms with E-state index in [0.717, 1.165) is 25.5 Å². The van der Waals surface area contributed by atoms with Crippen molar-refractivity contribution in [2.24, 2.45) is 0 Å². The van der Waals surface area contributed by atoms with Crippen LogP contribution in [-0.2, 0) is 4.74 Å². The number of unbranched alkanes of at least 4 members (excludes halogenated alkanes) is 1. The third-order valence-corrected chi connectivity index (χ3v) is 6.28. The Labute approximate surface area is 160 Å². The molecule has 150 valence electrons. The molecule has 8 nitrogen and oxygen atoms in total. The summed E-state index contributed by atoms with van der Waals surface area (Å²) >= 11 is 0. The molecule has 0 radical (unpaired) electrons.